The average Bonchev–Trinajstić information content (AvgIpc) is 2.83. The van der Waals surface area contributed by atoms with Crippen LogP contribution < -0.4 is 5.32 Å². The molecule has 0 saturated heterocycles. The summed E-state index contributed by atoms with van der Waals surface area (Å²) in [6, 6.07) is 7.61. The van der Waals surface area contributed by atoms with Gasteiger partial charge in [0.25, 0.3) is 5.91 Å². The van der Waals surface area contributed by atoms with E-state index < -0.39 is 0 Å². The van der Waals surface area contributed by atoms with Gasteiger partial charge >= 0.3 is 0 Å². The summed E-state index contributed by atoms with van der Waals surface area (Å²) in [4.78, 5) is 11.7. The molecule has 82 valence electrons. The summed E-state index contributed by atoms with van der Waals surface area (Å²) in [6.07, 6.45) is 0. The summed E-state index contributed by atoms with van der Waals surface area (Å²) in [5.74, 6) is -0.234. The van der Waals surface area contributed by atoms with Crippen molar-refractivity contribution in [1.29, 1.82) is 0 Å². The summed E-state index contributed by atoms with van der Waals surface area (Å²) in [6.45, 7) is 0. The SMILES string of the molecule is O=C(Nc1ccccc1CBr)c1csnn1. The zero-order valence-corrected chi connectivity index (χ0v) is 10.6. The number of nitrogens with one attached hydrogen (secondary N) is 1. The van der Waals surface area contributed by atoms with Crippen LogP contribution in [0, 0.1) is 0 Å². The van der Waals surface area contributed by atoms with Crippen LogP contribution in [-0.4, -0.2) is 15.5 Å². The Labute approximate surface area is 105 Å². The Bertz CT molecular complexity index is 487. The fraction of sp³-hybridized carbons (Fsp3) is 0.100. The standard InChI is InChI=1S/C10H8BrN3OS/c11-5-7-3-1-2-4-8(7)12-10(15)9-6-16-14-13-9/h1-4,6H,5H2,(H,12,15). The number of carbonyl (C=O) groups excluding carboxylic acids is 1. The van der Waals surface area contributed by atoms with Crippen molar-refractivity contribution in [1.82, 2.24) is 9.59 Å². The number of nitrogens with zero attached hydrogens (tertiary/aromatic N) is 2. The average molecular weight is 298 g/mol. The van der Waals surface area contributed by atoms with E-state index in [1.54, 1.807) is 5.38 Å². The molecule has 0 radical (unpaired) electrons. The molecule has 2 aromatic rings. The van der Waals surface area contributed by atoms with Crippen molar-refractivity contribution in [3.8, 4) is 0 Å². The molecule has 0 aliphatic carbocycles. The Hall–Kier alpha value is -1.27. The number of benzene rings is 1. The molecule has 1 heterocycles. The molecule has 4 nitrogen and oxygen atoms in total. The Morgan fingerprint density at radius 2 is 2.25 bits per heavy atom. The lowest BCUT2D eigenvalue weighted by molar-refractivity contribution is 0.102. The van der Waals surface area contributed by atoms with Gasteiger partial charge in [-0.25, -0.2) is 0 Å². The molecule has 1 aromatic carbocycles. The second-order valence-electron chi connectivity index (χ2n) is 3.04. The van der Waals surface area contributed by atoms with E-state index in [1.165, 1.54) is 0 Å². The maximum Gasteiger partial charge on any atom is 0.277 e. The van der Waals surface area contributed by atoms with Crippen LogP contribution in [0.2, 0.25) is 0 Å². The smallest absolute Gasteiger partial charge is 0.277 e. The molecule has 0 spiro atoms. The van der Waals surface area contributed by atoms with E-state index in [-0.39, 0.29) is 5.91 Å². The van der Waals surface area contributed by atoms with E-state index >= 15 is 0 Å². The summed E-state index contributed by atoms with van der Waals surface area (Å²) < 4.78 is 3.65. The Kier molecular flexibility index (Phi) is 3.63. The Morgan fingerprint density at radius 1 is 1.44 bits per heavy atom. The maximum atomic E-state index is 11.7. The van der Waals surface area contributed by atoms with E-state index in [0.717, 1.165) is 22.8 Å². The highest BCUT2D eigenvalue weighted by Crippen LogP contribution is 2.18. The van der Waals surface area contributed by atoms with E-state index in [0.29, 0.717) is 11.0 Å². The number of amides is 1. The van der Waals surface area contributed by atoms with Crippen molar-refractivity contribution < 1.29 is 4.79 Å². The number of carbonyl (C=O) groups is 1. The van der Waals surface area contributed by atoms with Gasteiger partial charge in [-0.15, -0.1) is 5.10 Å². The van der Waals surface area contributed by atoms with E-state index in [9.17, 15) is 4.79 Å². The first-order chi connectivity index (χ1) is 7.81. The molecule has 1 aromatic heterocycles. The zero-order valence-electron chi connectivity index (χ0n) is 8.18. The van der Waals surface area contributed by atoms with Crippen LogP contribution in [-0.2, 0) is 5.33 Å². The van der Waals surface area contributed by atoms with Crippen molar-refractivity contribution in [3.63, 3.8) is 0 Å². The maximum absolute atomic E-state index is 11.7. The molecule has 6 heteroatoms. The molecule has 1 N–H and O–H groups in total. The van der Waals surface area contributed by atoms with Gasteiger partial charge < -0.3 is 5.32 Å². The van der Waals surface area contributed by atoms with Gasteiger partial charge in [-0.05, 0) is 23.2 Å². The number of alkyl halides is 1. The van der Waals surface area contributed by atoms with Crippen LogP contribution in [0.1, 0.15) is 16.1 Å². The third kappa shape index (κ3) is 2.45. The molecular formula is C10H8BrN3OS. The molecule has 0 aliphatic heterocycles. The summed E-state index contributed by atoms with van der Waals surface area (Å²) in [5.41, 5.74) is 2.16. The molecule has 0 saturated carbocycles. The lowest BCUT2D eigenvalue weighted by Crippen LogP contribution is -2.13. The highest BCUT2D eigenvalue weighted by atomic mass is 79.9. The largest absolute Gasteiger partial charge is 0.320 e. The second kappa shape index (κ2) is 5.18. The Morgan fingerprint density at radius 3 is 2.94 bits per heavy atom. The molecule has 0 aliphatic rings. The van der Waals surface area contributed by atoms with Gasteiger partial charge in [-0.2, -0.15) is 0 Å². The molecule has 0 atom stereocenters. The van der Waals surface area contributed by atoms with Gasteiger partial charge in [0.1, 0.15) is 0 Å². The minimum atomic E-state index is -0.234. The number of aromatic nitrogens is 2. The zero-order chi connectivity index (χ0) is 11.4. The number of hydrogen-bond acceptors (Lipinski definition) is 4. The summed E-state index contributed by atoms with van der Waals surface area (Å²) >= 11 is 4.53. The fourth-order valence-electron chi connectivity index (χ4n) is 1.21. The van der Waals surface area contributed by atoms with Crippen LogP contribution in [0.15, 0.2) is 29.6 Å². The highest BCUT2D eigenvalue weighted by molar-refractivity contribution is 9.08. The summed E-state index contributed by atoms with van der Waals surface area (Å²) in [7, 11) is 0. The first kappa shape index (κ1) is 11.2. The van der Waals surface area contributed by atoms with Crippen LogP contribution in [0.3, 0.4) is 0 Å². The van der Waals surface area contributed by atoms with Gasteiger partial charge in [0.15, 0.2) is 5.69 Å². The molecule has 0 unspecified atom stereocenters. The summed E-state index contributed by atoms with van der Waals surface area (Å²) in [5, 5.41) is 8.82. The highest BCUT2D eigenvalue weighted by Gasteiger charge is 2.10. The van der Waals surface area contributed by atoms with Crippen molar-refractivity contribution >= 4 is 39.1 Å². The first-order valence-electron chi connectivity index (χ1n) is 4.53. The third-order valence-electron chi connectivity index (χ3n) is 2.00. The van der Waals surface area contributed by atoms with Gasteiger partial charge in [0.05, 0.1) is 0 Å². The van der Waals surface area contributed by atoms with Crippen molar-refractivity contribution in [2.75, 3.05) is 5.32 Å². The van der Waals surface area contributed by atoms with Crippen LogP contribution in [0.5, 0.6) is 0 Å². The number of rotatable bonds is 3. The normalized spacial score (nSPS) is 10.1. The Balaban J connectivity index is 2.18. The van der Waals surface area contributed by atoms with Gasteiger partial charge in [0.2, 0.25) is 0 Å². The number of anilines is 1. The van der Waals surface area contributed by atoms with Crippen molar-refractivity contribution in [3.05, 3.63) is 40.9 Å². The fourth-order valence-corrected chi connectivity index (χ4v) is 2.13. The quantitative estimate of drug-likeness (QED) is 0.886. The second-order valence-corrected chi connectivity index (χ2v) is 4.21. The number of para-hydroxylation sites is 1. The van der Waals surface area contributed by atoms with E-state index in [4.69, 9.17) is 0 Å². The predicted molar refractivity (Wildman–Crippen MR) is 66.9 cm³/mol. The lowest BCUT2D eigenvalue weighted by atomic mass is 10.2. The van der Waals surface area contributed by atoms with Crippen molar-refractivity contribution in [2.45, 2.75) is 5.33 Å². The minimum absolute atomic E-state index is 0.234. The molecule has 1 amide bonds. The van der Waals surface area contributed by atoms with E-state index in [1.807, 2.05) is 24.3 Å². The first-order valence-corrected chi connectivity index (χ1v) is 6.49. The van der Waals surface area contributed by atoms with Gasteiger partial charge in [0, 0.05) is 16.4 Å². The third-order valence-corrected chi connectivity index (χ3v) is 3.11. The minimum Gasteiger partial charge on any atom is -0.320 e. The van der Waals surface area contributed by atoms with Crippen LogP contribution in [0.4, 0.5) is 5.69 Å². The van der Waals surface area contributed by atoms with Crippen LogP contribution >= 0.6 is 27.5 Å². The number of halogens is 1. The molecule has 0 fully saturated rings. The topological polar surface area (TPSA) is 54.9 Å². The molecule has 0 bridgehead atoms. The molecular weight excluding hydrogens is 290 g/mol. The van der Waals surface area contributed by atoms with Gasteiger partial charge in [-0.1, -0.05) is 38.6 Å². The number of hydrogen-bond donors (Lipinski definition) is 1. The van der Waals surface area contributed by atoms with Crippen LogP contribution in [0.25, 0.3) is 0 Å². The predicted octanol–water partition coefficient (Wildman–Crippen LogP) is 2.69. The van der Waals surface area contributed by atoms with E-state index in [2.05, 4.69) is 30.8 Å². The molecule has 16 heavy (non-hydrogen) atoms. The molecule has 2 rings (SSSR count). The van der Waals surface area contributed by atoms with Crippen molar-refractivity contribution in [2.24, 2.45) is 0 Å². The monoisotopic (exact) mass is 297 g/mol. The lowest BCUT2D eigenvalue weighted by Gasteiger charge is -2.07. The van der Waals surface area contributed by atoms with Gasteiger partial charge in [-0.3, -0.25) is 4.79 Å².